The summed E-state index contributed by atoms with van der Waals surface area (Å²) < 4.78 is 32.6. The molecule has 0 aliphatic carbocycles. The zero-order valence-corrected chi connectivity index (χ0v) is 34.3. The number of hydrogen-bond donors (Lipinski definition) is 3. The topological polar surface area (TPSA) is 172 Å². The summed E-state index contributed by atoms with van der Waals surface area (Å²) in [6.07, 6.45) is 36.7. The first kappa shape index (κ1) is 51.0. The third kappa shape index (κ3) is 36.7. The standard InChI is InChI=1S/C41H76NO10P/c1-3-5-7-9-11-13-15-17-19-21-23-25-27-29-31-33-40(44)52-37(35-50-53(47,48)51-36-38(42)41(45)46)34-49-39(43)32-30-28-26-24-22-20-18-16-14-12-10-8-6-4-2/h13,15,17,19,37-38H,3-12,14,16,18,20-36,42H2,1-2H3,(H,45,46)(H,47,48)/b15-13+,19-17+/t37-,38+/m1/s1. The Hall–Kier alpha value is -2.04. The predicted octanol–water partition coefficient (Wildman–Crippen LogP) is 10.7. The van der Waals surface area contributed by atoms with Gasteiger partial charge in [-0.1, -0.05) is 160 Å². The van der Waals surface area contributed by atoms with Crippen molar-refractivity contribution in [3.63, 3.8) is 0 Å². The van der Waals surface area contributed by atoms with Crippen LogP contribution in [0, 0.1) is 0 Å². The maximum absolute atomic E-state index is 12.6. The Morgan fingerprint density at radius 3 is 1.45 bits per heavy atom. The lowest BCUT2D eigenvalue weighted by atomic mass is 10.0. The number of carbonyl (C=O) groups is 3. The molecule has 0 spiro atoms. The molecule has 3 atom stereocenters. The van der Waals surface area contributed by atoms with Crippen molar-refractivity contribution in [2.24, 2.45) is 5.73 Å². The van der Waals surface area contributed by atoms with Gasteiger partial charge in [0.05, 0.1) is 13.2 Å². The van der Waals surface area contributed by atoms with Gasteiger partial charge in [0, 0.05) is 12.8 Å². The fourth-order valence-electron chi connectivity index (χ4n) is 5.64. The van der Waals surface area contributed by atoms with E-state index in [4.69, 9.17) is 24.8 Å². The van der Waals surface area contributed by atoms with E-state index in [1.807, 2.05) is 0 Å². The molecule has 0 saturated carbocycles. The van der Waals surface area contributed by atoms with Crippen LogP contribution < -0.4 is 5.73 Å². The number of hydrogen-bond acceptors (Lipinski definition) is 9. The minimum atomic E-state index is -4.71. The number of ether oxygens (including phenoxy) is 2. The molecular weight excluding hydrogens is 697 g/mol. The van der Waals surface area contributed by atoms with Gasteiger partial charge in [0.15, 0.2) is 6.10 Å². The van der Waals surface area contributed by atoms with E-state index in [1.54, 1.807) is 0 Å². The highest BCUT2D eigenvalue weighted by Crippen LogP contribution is 2.43. The lowest BCUT2D eigenvalue weighted by Gasteiger charge is -2.20. The van der Waals surface area contributed by atoms with Crippen LogP contribution in [0.1, 0.15) is 187 Å². The molecule has 0 saturated heterocycles. The Bertz CT molecular complexity index is 1010. The fourth-order valence-corrected chi connectivity index (χ4v) is 6.42. The van der Waals surface area contributed by atoms with Crippen LogP contribution in [0.5, 0.6) is 0 Å². The van der Waals surface area contributed by atoms with Gasteiger partial charge < -0.3 is 25.2 Å². The molecule has 1 unspecified atom stereocenters. The van der Waals surface area contributed by atoms with Crippen LogP contribution in [0.4, 0.5) is 0 Å². The number of aliphatic carboxylic acids is 1. The van der Waals surface area contributed by atoms with Crippen LogP contribution >= 0.6 is 7.82 Å². The largest absolute Gasteiger partial charge is 0.480 e. The van der Waals surface area contributed by atoms with Gasteiger partial charge in [-0.25, -0.2) is 4.57 Å². The fraction of sp³-hybridized carbons (Fsp3) is 0.829. The van der Waals surface area contributed by atoms with Crippen molar-refractivity contribution in [3.05, 3.63) is 24.3 Å². The molecule has 310 valence electrons. The molecule has 0 rings (SSSR count). The maximum Gasteiger partial charge on any atom is 0.472 e. The van der Waals surface area contributed by atoms with Gasteiger partial charge in [-0.2, -0.15) is 0 Å². The Morgan fingerprint density at radius 2 is 0.981 bits per heavy atom. The number of esters is 2. The molecule has 0 aromatic heterocycles. The van der Waals surface area contributed by atoms with Crippen molar-refractivity contribution in [2.75, 3.05) is 19.8 Å². The second kappa shape index (κ2) is 36.9. The van der Waals surface area contributed by atoms with Crippen LogP contribution in [0.3, 0.4) is 0 Å². The summed E-state index contributed by atoms with van der Waals surface area (Å²) in [5, 5.41) is 8.87. The number of rotatable bonds is 39. The Balaban J connectivity index is 4.41. The first-order chi connectivity index (χ1) is 25.6. The molecule has 4 N–H and O–H groups in total. The van der Waals surface area contributed by atoms with Crippen LogP contribution in [0.15, 0.2) is 24.3 Å². The number of carboxylic acid groups (broad SMARTS) is 1. The quantitative estimate of drug-likeness (QED) is 0.0235. The van der Waals surface area contributed by atoms with Gasteiger partial charge >= 0.3 is 25.7 Å². The third-order valence-corrected chi connectivity index (χ3v) is 9.93. The molecule has 0 aliphatic heterocycles. The van der Waals surface area contributed by atoms with Crippen molar-refractivity contribution in [3.8, 4) is 0 Å². The van der Waals surface area contributed by atoms with E-state index < -0.39 is 51.1 Å². The minimum absolute atomic E-state index is 0.146. The molecule has 0 aliphatic rings. The highest BCUT2D eigenvalue weighted by molar-refractivity contribution is 7.47. The molecule has 12 heteroatoms. The average molecular weight is 774 g/mol. The van der Waals surface area contributed by atoms with E-state index in [0.29, 0.717) is 12.8 Å². The van der Waals surface area contributed by atoms with E-state index in [0.717, 1.165) is 57.8 Å². The van der Waals surface area contributed by atoms with E-state index in [2.05, 4.69) is 42.7 Å². The van der Waals surface area contributed by atoms with Gasteiger partial charge in [-0.05, 0) is 38.5 Å². The third-order valence-electron chi connectivity index (χ3n) is 8.98. The van der Waals surface area contributed by atoms with Gasteiger partial charge in [0.2, 0.25) is 0 Å². The Morgan fingerprint density at radius 1 is 0.585 bits per heavy atom. The number of carbonyl (C=O) groups excluding carboxylic acids is 2. The molecule has 0 radical (unpaired) electrons. The smallest absolute Gasteiger partial charge is 0.472 e. The van der Waals surface area contributed by atoms with Gasteiger partial charge in [-0.15, -0.1) is 0 Å². The lowest BCUT2D eigenvalue weighted by Crippen LogP contribution is -2.34. The number of nitrogens with two attached hydrogens (primary N) is 1. The average Bonchev–Trinajstić information content (AvgIpc) is 3.13. The van der Waals surface area contributed by atoms with Crippen molar-refractivity contribution < 1.29 is 47.5 Å². The zero-order chi connectivity index (χ0) is 39.3. The zero-order valence-electron chi connectivity index (χ0n) is 33.4. The van der Waals surface area contributed by atoms with Crippen LogP contribution in [0.25, 0.3) is 0 Å². The summed E-state index contributed by atoms with van der Waals surface area (Å²) in [6, 6.07) is -1.52. The normalized spacial score (nSPS) is 14.0. The molecule has 0 aromatic rings. The van der Waals surface area contributed by atoms with Gasteiger partial charge in [0.1, 0.15) is 12.6 Å². The molecule has 11 nitrogen and oxygen atoms in total. The highest BCUT2D eigenvalue weighted by atomic mass is 31.2. The first-order valence-electron chi connectivity index (χ1n) is 20.9. The van der Waals surface area contributed by atoms with E-state index in [-0.39, 0.29) is 19.4 Å². The molecule has 0 bridgehead atoms. The molecule has 0 amide bonds. The summed E-state index contributed by atoms with van der Waals surface area (Å²) in [5.41, 5.74) is 5.32. The van der Waals surface area contributed by atoms with Crippen LogP contribution in [-0.2, 0) is 37.5 Å². The van der Waals surface area contributed by atoms with Gasteiger partial charge in [-0.3, -0.25) is 23.4 Å². The van der Waals surface area contributed by atoms with Crippen molar-refractivity contribution >= 4 is 25.7 Å². The minimum Gasteiger partial charge on any atom is -0.480 e. The summed E-state index contributed by atoms with van der Waals surface area (Å²) in [7, 11) is -4.71. The number of allylic oxidation sites excluding steroid dienone is 4. The number of phosphoric ester groups is 1. The molecule has 0 aromatic carbocycles. The van der Waals surface area contributed by atoms with E-state index in [9.17, 15) is 23.8 Å². The summed E-state index contributed by atoms with van der Waals surface area (Å²) in [4.78, 5) is 45.9. The number of unbranched alkanes of at least 4 members (excludes halogenated alkanes) is 22. The monoisotopic (exact) mass is 774 g/mol. The van der Waals surface area contributed by atoms with Crippen LogP contribution in [-0.4, -0.2) is 59.9 Å². The predicted molar refractivity (Wildman–Crippen MR) is 212 cm³/mol. The Labute approximate surface area is 321 Å². The second-order valence-corrected chi connectivity index (χ2v) is 15.6. The second-order valence-electron chi connectivity index (χ2n) is 14.2. The highest BCUT2D eigenvalue weighted by Gasteiger charge is 2.28. The first-order valence-corrected chi connectivity index (χ1v) is 22.4. The Kier molecular flexibility index (Phi) is 35.5. The molecule has 0 fully saturated rings. The summed E-state index contributed by atoms with van der Waals surface area (Å²) in [5.74, 6) is -2.39. The summed E-state index contributed by atoms with van der Waals surface area (Å²) in [6.45, 7) is 2.77. The van der Waals surface area contributed by atoms with Crippen molar-refractivity contribution in [2.45, 2.75) is 199 Å². The lowest BCUT2D eigenvalue weighted by molar-refractivity contribution is -0.161. The van der Waals surface area contributed by atoms with Crippen LogP contribution in [0.2, 0.25) is 0 Å². The number of carboxylic acids is 1. The van der Waals surface area contributed by atoms with Gasteiger partial charge in [0.25, 0.3) is 0 Å². The van der Waals surface area contributed by atoms with Crippen molar-refractivity contribution in [1.29, 1.82) is 0 Å². The van der Waals surface area contributed by atoms with Crippen molar-refractivity contribution in [1.82, 2.24) is 0 Å². The van der Waals surface area contributed by atoms with E-state index in [1.165, 1.54) is 89.9 Å². The molecule has 0 heterocycles. The molecule has 53 heavy (non-hydrogen) atoms. The SMILES string of the molecule is CCCCCC/C=C/C=C/CCCCCCCC(=O)O[C@H](COC(=O)CCCCCCCCCCCCCCCC)COP(=O)(O)OC[C@H](N)C(=O)O. The maximum atomic E-state index is 12.6. The molecular formula is C41H76NO10P. The summed E-state index contributed by atoms with van der Waals surface area (Å²) >= 11 is 0. The number of phosphoric acid groups is 1. The van der Waals surface area contributed by atoms with E-state index >= 15 is 0 Å².